The number of hydrogen-bond donors (Lipinski definition) is 0. The first kappa shape index (κ1) is 21.8. The van der Waals surface area contributed by atoms with Gasteiger partial charge in [0.25, 0.3) is 0 Å². The number of nitrogens with zero attached hydrogens (tertiary/aromatic N) is 3. The number of amides is 1. The molecular formula is C26H27N3O6. The van der Waals surface area contributed by atoms with E-state index in [1.165, 1.54) is 6.33 Å². The molecule has 1 aromatic heterocycles. The maximum atomic E-state index is 12.8. The van der Waals surface area contributed by atoms with Crippen molar-refractivity contribution in [3.63, 3.8) is 0 Å². The zero-order valence-electron chi connectivity index (χ0n) is 19.6. The van der Waals surface area contributed by atoms with E-state index in [9.17, 15) is 4.79 Å². The number of hydrogen-bond acceptors (Lipinski definition) is 8. The van der Waals surface area contributed by atoms with Crippen molar-refractivity contribution >= 4 is 22.7 Å². The van der Waals surface area contributed by atoms with Gasteiger partial charge in [-0.3, -0.25) is 4.90 Å². The summed E-state index contributed by atoms with van der Waals surface area (Å²) < 4.78 is 28.7. The van der Waals surface area contributed by atoms with Gasteiger partial charge in [-0.25, -0.2) is 14.8 Å². The maximum absolute atomic E-state index is 12.8. The number of benzene rings is 2. The Morgan fingerprint density at radius 2 is 1.89 bits per heavy atom. The normalized spacial score (nSPS) is 23.4. The lowest BCUT2D eigenvalue weighted by Crippen LogP contribution is -2.39. The molecular weight excluding hydrogens is 450 g/mol. The predicted molar refractivity (Wildman–Crippen MR) is 128 cm³/mol. The number of anilines is 1. The Labute approximate surface area is 202 Å². The molecule has 1 amide bonds. The Hall–Kier alpha value is -3.75. The van der Waals surface area contributed by atoms with Crippen molar-refractivity contribution in [2.75, 3.05) is 38.4 Å². The van der Waals surface area contributed by atoms with E-state index < -0.39 is 5.60 Å². The highest BCUT2D eigenvalue weighted by Gasteiger charge is 2.48. The molecule has 2 aromatic carbocycles. The second-order valence-electron chi connectivity index (χ2n) is 9.28. The molecule has 3 aromatic rings. The summed E-state index contributed by atoms with van der Waals surface area (Å²) in [5, 5.41) is 0.832. The molecule has 0 bridgehead atoms. The lowest BCUT2D eigenvalue weighted by atomic mass is 9.79. The van der Waals surface area contributed by atoms with Crippen LogP contribution in [0.4, 0.5) is 10.5 Å². The van der Waals surface area contributed by atoms with Gasteiger partial charge in [-0.1, -0.05) is 0 Å². The van der Waals surface area contributed by atoms with Crippen molar-refractivity contribution in [2.24, 2.45) is 5.92 Å². The summed E-state index contributed by atoms with van der Waals surface area (Å²) in [5.41, 5.74) is 1.12. The topological polar surface area (TPSA) is 92.2 Å². The maximum Gasteiger partial charge on any atom is 0.415 e. The Morgan fingerprint density at radius 1 is 1.06 bits per heavy atom. The smallest absolute Gasteiger partial charge is 0.415 e. The van der Waals surface area contributed by atoms with E-state index >= 15 is 0 Å². The van der Waals surface area contributed by atoms with Crippen molar-refractivity contribution in [3.05, 3.63) is 42.7 Å². The van der Waals surface area contributed by atoms with E-state index in [0.717, 1.165) is 48.0 Å². The third-order valence-electron chi connectivity index (χ3n) is 7.09. The summed E-state index contributed by atoms with van der Waals surface area (Å²) in [4.78, 5) is 23.1. The third-order valence-corrected chi connectivity index (χ3v) is 7.09. The van der Waals surface area contributed by atoms with Gasteiger partial charge >= 0.3 is 6.09 Å². The minimum atomic E-state index is -0.462. The number of ether oxygens (including phenoxy) is 5. The zero-order chi connectivity index (χ0) is 23.8. The molecule has 9 heteroatoms. The average molecular weight is 478 g/mol. The summed E-state index contributed by atoms with van der Waals surface area (Å²) in [6.07, 6.45) is 4.63. The zero-order valence-corrected chi connectivity index (χ0v) is 19.6. The molecule has 6 rings (SSSR count). The SMILES string of the molecule is COc1ccc2ncnc(OCC3CCC4(CC3)CN(c3ccc5c(c3)OCCO5)C(=O)O4)c2c1. The number of aromatic nitrogens is 2. The minimum absolute atomic E-state index is 0.308. The standard InChI is InChI=1S/C26H27N3O6/c1-31-19-3-4-21-20(13-19)24(28-16-27-21)34-14-17-6-8-26(9-7-17)15-29(25(30)35-26)18-2-5-22-23(12-18)33-11-10-32-22/h2-5,12-13,16-17H,6-11,14-15H2,1H3. The van der Waals surface area contributed by atoms with Gasteiger partial charge in [0.1, 0.15) is 30.9 Å². The molecule has 3 aliphatic rings. The van der Waals surface area contributed by atoms with E-state index in [0.29, 0.717) is 49.7 Å². The highest BCUT2D eigenvalue weighted by Crippen LogP contribution is 2.42. The van der Waals surface area contributed by atoms with Gasteiger partial charge in [-0.15, -0.1) is 0 Å². The van der Waals surface area contributed by atoms with Crippen molar-refractivity contribution in [3.8, 4) is 23.1 Å². The van der Waals surface area contributed by atoms with Gasteiger partial charge in [-0.05, 0) is 61.9 Å². The van der Waals surface area contributed by atoms with Crippen molar-refractivity contribution in [2.45, 2.75) is 31.3 Å². The van der Waals surface area contributed by atoms with E-state index in [2.05, 4.69) is 9.97 Å². The van der Waals surface area contributed by atoms with Crippen LogP contribution in [0.2, 0.25) is 0 Å². The van der Waals surface area contributed by atoms with E-state index in [1.807, 2.05) is 36.4 Å². The molecule has 1 aliphatic carbocycles. The molecule has 9 nitrogen and oxygen atoms in total. The molecule has 1 saturated heterocycles. The van der Waals surface area contributed by atoms with Crippen LogP contribution >= 0.6 is 0 Å². The molecule has 0 atom stereocenters. The van der Waals surface area contributed by atoms with Crippen LogP contribution in [0.25, 0.3) is 10.9 Å². The van der Waals surface area contributed by atoms with Crippen LogP contribution < -0.4 is 23.8 Å². The van der Waals surface area contributed by atoms with Crippen molar-refractivity contribution in [1.29, 1.82) is 0 Å². The van der Waals surface area contributed by atoms with Gasteiger partial charge in [-0.2, -0.15) is 0 Å². The Kier molecular flexibility index (Phi) is 5.47. The first-order chi connectivity index (χ1) is 17.1. The summed E-state index contributed by atoms with van der Waals surface area (Å²) in [6, 6.07) is 11.3. The van der Waals surface area contributed by atoms with Crippen LogP contribution in [0.3, 0.4) is 0 Å². The number of carbonyl (C=O) groups is 1. The molecule has 35 heavy (non-hydrogen) atoms. The fourth-order valence-corrected chi connectivity index (χ4v) is 5.10. The van der Waals surface area contributed by atoms with Gasteiger partial charge in [0.05, 0.1) is 36.9 Å². The first-order valence-corrected chi connectivity index (χ1v) is 11.9. The highest BCUT2D eigenvalue weighted by molar-refractivity contribution is 5.91. The van der Waals surface area contributed by atoms with Crippen LogP contribution in [-0.4, -0.2) is 55.1 Å². The molecule has 3 heterocycles. The largest absolute Gasteiger partial charge is 0.497 e. The van der Waals surface area contributed by atoms with Gasteiger partial charge in [0.15, 0.2) is 11.5 Å². The van der Waals surface area contributed by atoms with Crippen LogP contribution in [-0.2, 0) is 4.74 Å². The highest BCUT2D eigenvalue weighted by atomic mass is 16.6. The summed E-state index contributed by atoms with van der Waals surface area (Å²) in [6.45, 7) is 2.13. The predicted octanol–water partition coefficient (Wildman–Crippen LogP) is 4.37. The molecule has 2 aliphatic heterocycles. The monoisotopic (exact) mass is 477 g/mol. The van der Waals surface area contributed by atoms with Crippen molar-refractivity contribution in [1.82, 2.24) is 9.97 Å². The number of fused-ring (bicyclic) bond motifs is 2. The van der Waals surface area contributed by atoms with Crippen LogP contribution in [0.15, 0.2) is 42.7 Å². The number of carbonyl (C=O) groups excluding carboxylic acids is 1. The average Bonchev–Trinajstić information content (AvgIpc) is 3.23. The first-order valence-electron chi connectivity index (χ1n) is 11.9. The second kappa shape index (κ2) is 8.79. The van der Waals surface area contributed by atoms with Crippen LogP contribution in [0.5, 0.6) is 23.1 Å². The molecule has 182 valence electrons. The molecule has 1 spiro atoms. The molecule has 0 radical (unpaired) electrons. The van der Waals surface area contributed by atoms with E-state index in [4.69, 9.17) is 23.7 Å². The molecule has 1 saturated carbocycles. The number of rotatable bonds is 5. The van der Waals surface area contributed by atoms with Gasteiger partial charge < -0.3 is 23.7 Å². The van der Waals surface area contributed by atoms with Gasteiger partial charge in [0, 0.05) is 6.07 Å². The fraction of sp³-hybridized carbons (Fsp3) is 0.423. The van der Waals surface area contributed by atoms with Crippen LogP contribution in [0.1, 0.15) is 25.7 Å². The minimum Gasteiger partial charge on any atom is -0.497 e. The molecule has 2 fully saturated rings. The quantitative estimate of drug-likeness (QED) is 0.535. The summed E-state index contributed by atoms with van der Waals surface area (Å²) >= 11 is 0. The van der Waals surface area contributed by atoms with Gasteiger partial charge in [0.2, 0.25) is 5.88 Å². The van der Waals surface area contributed by atoms with E-state index in [1.54, 1.807) is 12.0 Å². The third kappa shape index (κ3) is 4.15. The summed E-state index contributed by atoms with van der Waals surface area (Å²) in [7, 11) is 1.63. The fourth-order valence-electron chi connectivity index (χ4n) is 5.10. The Morgan fingerprint density at radius 3 is 2.71 bits per heavy atom. The van der Waals surface area contributed by atoms with Crippen LogP contribution in [0, 0.1) is 5.92 Å². The summed E-state index contributed by atoms with van der Waals surface area (Å²) in [5.74, 6) is 3.03. The second-order valence-corrected chi connectivity index (χ2v) is 9.28. The molecule has 0 N–H and O–H groups in total. The van der Waals surface area contributed by atoms with E-state index in [-0.39, 0.29) is 6.09 Å². The Balaban J connectivity index is 1.09. The number of methoxy groups -OCH3 is 1. The Bertz CT molecular complexity index is 1260. The lowest BCUT2D eigenvalue weighted by Gasteiger charge is -2.35. The van der Waals surface area contributed by atoms with Crippen molar-refractivity contribution < 1.29 is 28.5 Å². The lowest BCUT2D eigenvalue weighted by molar-refractivity contribution is 0.00707. The molecule has 0 unspecified atom stereocenters.